The first-order valence-electron chi connectivity index (χ1n) is 7.34. The van der Waals surface area contributed by atoms with E-state index in [1.165, 1.54) is 18.2 Å². The highest BCUT2D eigenvalue weighted by atomic mass is 32.2. The number of nitrogens with zero attached hydrogens (tertiary/aromatic N) is 2. The van der Waals surface area contributed by atoms with Gasteiger partial charge in [-0.1, -0.05) is 24.3 Å². The van der Waals surface area contributed by atoms with Gasteiger partial charge < -0.3 is 0 Å². The number of fused-ring (bicyclic) bond motifs is 1. The van der Waals surface area contributed by atoms with Crippen LogP contribution in [-0.2, 0) is 16.4 Å². The Morgan fingerprint density at radius 3 is 2.64 bits per heavy atom. The zero-order chi connectivity index (χ0) is 18.2. The van der Waals surface area contributed by atoms with Gasteiger partial charge in [0.25, 0.3) is 15.7 Å². The monoisotopic (exact) mass is 355 g/mol. The standard InChI is InChI=1S/C17H13N3O4S/c1-11-6-9-14(13-8-7-12(10-18)17(11)13)19-25(23,24)16-5-3-2-4-15(16)20(21)22/h2-7,9,19H,8H2,1H3. The number of para-hydroxylation sites is 1. The number of nitrogens with one attached hydrogen (secondary N) is 1. The van der Waals surface area contributed by atoms with Crippen LogP contribution in [0.2, 0.25) is 0 Å². The Morgan fingerprint density at radius 1 is 1.24 bits per heavy atom. The van der Waals surface area contributed by atoms with Crippen LogP contribution in [0.5, 0.6) is 0 Å². The first-order valence-corrected chi connectivity index (χ1v) is 8.83. The van der Waals surface area contributed by atoms with Gasteiger partial charge >= 0.3 is 0 Å². The highest BCUT2D eigenvalue weighted by molar-refractivity contribution is 7.92. The fraction of sp³-hybridized carbons (Fsp3) is 0.118. The van der Waals surface area contributed by atoms with Crippen molar-refractivity contribution < 1.29 is 13.3 Å². The minimum atomic E-state index is -4.15. The summed E-state index contributed by atoms with van der Waals surface area (Å²) in [5, 5.41) is 20.3. The molecule has 1 aliphatic rings. The number of hydrogen-bond donors (Lipinski definition) is 1. The number of anilines is 1. The predicted octanol–water partition coefficient (Wildman–Crippen LogP) is 3.17. The van der Waals surface area contributed by atoms with Crippen LogP contribution in [-0.4, -0.2) is 13.3 Å². The van der Waals surface area contributed by atoms with Crippen molar-refractivity contribution >= 4 is 27.0 Å². The van der Waals surface area contributed by atoms with Crippen molar-refractivity contribution in [3.8, 4) is 6.07 Å². The first-order chi connectivity index (χ1) is 11.8. The molecule has 0 radical (unpaired) electrons. The second-order valence-electron chi connectivity index (χ2n) is 5.55. The Morgan fingerprint density at radius 2 is 1.96 bits per heavy atom. The number of rotatable bonds is 4. The van der Waals surface area contributed by atoms with Crippen LogP contribution < -0.4 is 4.72 Å². The van der Waals surface area contributed by atoms with Crippen molar-refractivity contribution in [2.45, 2.75) is 18.2 Å². The zero-order valence-electron chi connectivity index (χ0n) is 13.2. The Labute approximate surface area is 144 Å². The predicted molar refractivity (Wildman–Crippen MR) is 92.4 cm³/mol. The second kappa shape index (κ2) is 6.03. The molecule has 0 aliphatic heterocycles. The van der Waals surface area contributed by atoms with E-state index in [1.807, 2.05) is 6.92 Å². The summed E-state index contributed by atoms with van der Waals surface area (Å²) in [7, 11) is -4.15. The molecule has 0 unspecified atom stereocenters. The number of allylic oxidation sites excluding steroid dienone is 2. The van der Waals surface area contributed by atoms with Crippen LogP contribution in [0, 0.1) is 28.4 Å². The SMILES string of the molecule is Cc1ccc(NS(=O)(=O)c2ccccc2[N+](=O)[O-])c2c1C(C#N)=CC2. The molecule has 0 bridgehead atoms. The molecule has 2 aromatic rings. The van der Waals surface area contributed by atoms with E-state index in [0.717, 1.165) is 11.6 Å². The molecule has 25 heavy (non-hydrogen) atoms. The molecular weight excluding hydrogens is 342 g/mol. The minimum absolute atomic E-state index is 0.320. The summed E-state index contributed by atoms with van der Waals surface area (Å²) in [5.74, 6) is 0. The van der Waals surface area contributed by atoms with Gasteiger partial charge in [0.1, 0.15) is 0 Å². The topological polar surface area (TPSA) is 113 Å². The van der Waals surface area contributed by atoms with Crippen LogP contribution in [0.25, 0.3) is 5.57 Å². The molecule has 0 amide bonds. The third-order valence-corrected chi connectivity index (χ3v) is 5.43. The highest BCUT2D eigenvalue weighted by Gasteiger charge is 2.27. The molecule has 0 aromatic heterocycles. The van der Waals surface area contributed by atoms with E-state index in [9.17, 15) is 23.8 Å². The number of hydrogen-bond acceptors (Lipinski definition) is 5. The Balaban J connectivity index is 2.07. The van der Waals surface area contributed by atoms with Gasteiger partial charge in [0.2, 0.25) is 0 Å². The lowest BCUT2D eigenvalue weighted by Crippen LogP contribution is -2.16. The van der Waals surface area contributed by atoms with Gasteiger partial charge in [-0.25, -0.2) is 8.42 Å². The van der Waals surface area contributed by atoms with Crippen molar-refractivity contribution in [3.05, 3.63) is 69.3 Å². The Kier molecular flexibility index (Phi) is 4.02. The van der Waals surface area contributed by atoms with Gasteiger partial charge in [-0.15, -0.1) is 0 Å². The van der Waals surface area contributed by atoms with E-state index < -0.39 is 25.5 Å². The minimum Gasteiger partial charge on any atom is -0.279 e. The van der Waals surface area contributed by atoms with Gasteiger partial charge in [0.15, 0.2) is 4.90 Å². The highest BCUT2D eigenvalue weighted by Crippen LogP contribution is 2.36. The van der Waals surface area contributed by atoms with Gasteiger partial charge in [-0.3, -0.25) is 14.8 Å². The van der Waals surface area contributed by atoms with Crippen LogP contribution in [0.1, 0.15) is 16.7 Å². The molecule has 0 saturated carbocycles. The van der Waals surface area contributed by atoms with Gasteiger partial charge in [0, 0.05) is 11.6 Å². The van der Waals surface area contributed by atoms with E-state index in [1.54, 1.807) is 18.2 Å². The van der Waals surface area contributed by atoms with Crippen LogP contribution >= 0.6 is 0 Å². The first kappa shape index (κ1) is 16.7. The molecule has 0 heterocycles. The molecule has 0 atom stereocenters. The van der Waals surface area contributed by atoms with Crippen LogP contribution in [0.3, 0.4) is 0 Å². The van der Waals surface area contributed by atoms with Crippen molar-refractivity contribution in [3.63, 3.8) is 0 Å². The van der Waals surface area contributed by atoms with Gasteiger partial charge in [-0.05, 0) is 36.6 Å². The number of nitro groups is 1. The number of sulfonamides is 1. The van der Waals surface area contributed by atoms with E-state index in [0.29, 0.717) is 28.8 Å². The molecule has 0 spiro atoms. The van der Waals surface area contributed by atoms with E-state index in [4.69, 9.17) is 0 Å². The summed E-state index contributed by atoms with van der Waals surface area (Å²) in [5.41, 5.74) is 2.60. The maximum atomic E-state index is 12.7. The molecule has 126 valence electrons. The maximum Gasteiger partial charge on any atom is 0.289 e. The normalized spacial score (nSPS) is 12.9. The molecular formula is C17H13N3O4S. The fourth-order valence-electron chi connectivity index (χ4n) is 2.89. The van der Waals surface area contributed by atoms with E-state index in [-0.39, 0.29) is 0 Å². The average molecular weight is 355 g/mol. The lowest BCUT2D eigenvalue weighted by atomic mass is 9.99. The van der Waals surface area contributed by atoms with Crippen molar-refractivity contribution in [2.75, 3.05) is 4.72 Å². The summed E-state index contributed by atoms with van der Waals surface area (Å²) >= 11 is 0. The van der Waals surface area contributed by atoms with Gasteiger partial charge in [0.05, 0.1) is 22.3 Å². The lowest BCUT2D eigenvalue weighted by Gasteiger charge is -2.14. The Bertz CT molecular complexity index is 1070. The average Bonchev–Trinajstić information content (AvgIpc) is 3.02. The fourth-order valence-corrected chi connectivity index (χ4v) is 4.16. The number of aryl methyl sites for hydroxylation is 1. The summed E-state index contributed by atoms with van der Waals surface area (Å²) in [4.78, 5) is 9.97. The molecule has 0 fully saturated rings. The molecule has 1 aliphatic carbocycles. The maximum absolute atomic E-state index is 12.7. The lowest BCUT2D eigenvalue weighted by molar-refractivity contribution is -0.387. The molecule has 7 nitrogen and oxygen atoms in total. The summed E-state index contributed by atoms with van der Waals surface area (Å²) in [6.07, 6.45) is 2.16. The zero-order valence-corrected chi connectivity index (χ0v) is 14.0. The van der Waals surface area contributed by atoms with Crippen LogP contribution in [0.15, 0.2) is 47.4 Å². The molecule has 8 heteroatoms. The summed E-state index contributed by atoms with van der Waals surface area (Å²) < 4.78 is 27.8. The third-order valence-electron chi connectivity index (χ3n) is 4.02. The van der Waals surface area contributed by atoms with E-state index in [2.05, 4.69) is 10.8 Å². The van der Waals surface area contributed by atoms with Gasteiger partial charge in [-0.2, -0.15) is 5.26 Å². The third kappa shape index (κ3) is 2.86. The van der Waals surface area contributed by atoms with Crippen molar-refractivity contribution in [2.24, 2.45) is 0 Å². The smallest absolute Gasteiger partial charge is 0.279 e. The molecule has 3 rings (SSSR count). The summed E-state index contributed by atoms with van der Waals surface area (Å²) in [6.45, 7) is 1.84. The van der Waals surface area contributed by atoms with Crippen molar-refractivity contribution in [1.82, 2.24) is 0 Å². The number of benzene rings is 2. The molecule has 1 N–H and O–H groups in total. The molecule has 2 aromatic carbocycles. The Hall–Kier alpha value is -3.18. The number of nitro benzene ring substituents is 1. The van der Waals surface area contributed by atoms with Crippen LogP contribution in [0.4, 0.5) is 11.4 Å². The largest absolute Gasteiger partial charge is 0.289 e. The van der Waals surface area contributed by atoms with E-state index >= 15 is 0 Å². The molecule has 0 saturated heterocycles. The van der Waals surface area contributed by atoms with Crippen molar-refractivity contribution in [1.29, 1.82) is 5.26 Å². The summed E-state index contributed by atoms with van der Waals surface area (Å²) in [6, 6.07) is 10.6. The number of nitriles is 1. The second-order valence-corrected chi connectivity index (χ2v) is 7.20. The quantitative estimate of drug-likeness (QED) is 0.668.